The first-order chi connectivity index (χ1) is 21.3. The van der Waals surface area contributed by atoms with Crippen molar-refractivity contribution in [2.75, 3.05) is 0 Å². The molecule has 2 atom stereocenters. The Balaban J connectivity index is 1.69. The fraction of sp³-hybridized carbons (Fsp3) is 0.333. The minimum absolute atomic E-state index is 0.206. The van der Waals surface area contributed by atoms with Gasteiger partial charge in [0.05, 0.1) is 12.1 Å². The summed E-state index contributed by atoms with van der Waals surface area (Å²) in [4.78, 5) is 28.3. The Morgan fingerprint density at radius 1 is 0.489 bits per heavy atom. The highest BCUT2D eigenvalue weighted by Gasteiger charge is 2.48. The van der Waals surface area contributed by atoms with Crippen LogP contribution in [-0.2, 0) is 20.8 Å². The fourth-order valence-corrected chi connectivity index (χ4v) is 6.07. The summed E-state index contributed by atoms with van der Waals surface area (Å²) in [7, 11) is 0. The topological polar surface area (TPSA) is 98.7 Å². The van der Waals surface area contributed by atoms with Crippen molar-refractivity contribution in [3.8, 4) is 0 Å². The van der Waals surface area contributed by atoms with Crippen LogP contribution in [0.2, 0.25) is 0 Å². The molecule has 0 aromatic heterocycles. The van der Waals surface area contributed by atoms with Gasteiger partial charge in [0.2, 0.25) is 11.8 Å². The smallest absolute Gasteiger partial charge is 0.235 e. The van der Waals surface area contributed by atoms with E-state index in [9.17, 15) is 19.8 Å². The summed E-state index contributed by atoms with van der Waals surface area (Å²) >= 11 is 0. The van der Waals surface area contributed by atoms with Crippen LogP contribution >= 0.6 is 0 Å². The monoisotopic (exact) mass is 606 g/mol. The SMILES string of the molecule is CC(C)C(NC(=O)C(C)(C)C(=O)NC(C(C)C)C(O)(c1ccccc1)c1ccccc1)C(O)(c1ccccc1)c1ccccc1. The Bertz CT molecular complexity index is 1340. The molecule has 4 aromatic carbocycles. The van der Waals surface area contributed by atoms with E-state index in [4.69, 9.17) is 0 Å². The highest BCUT2D eigenvalue weighted by molar-refractivity contribution is 6.04. The fourth-order valence-electron chi connectivity index (χ4n) is 6.07. The second-order valence-corrected chi connectivity index (χ2v) is 13.0. The maximum absolute atomic E-state index is 14.1. The molecule has 0 bridgehead atoms. The molecule has 0 aliphatic heterocycles. The maximum Gasteiger partial charge on any atom is 0.235 e. The van der Waals surface area contributed by atoms with Crippen LogP contribution in [0.15, 0.2) is 121 Å². The zero-order valence-electron chi connectivity index (χ0n) is 27.1. The maximum atomic E-state index is 14.1. The van der Waals surface area contributed by atoms with Gasteiger partial charge in [0.1, 0.15) is 16.6 Å². The van der Waals surface area contributed by atoms with Gasteiger partial charge in [0.25, 0.3) is 0 Å². The van der Waals surface area contributed by atoms with E-state index in [1.807, 2.05) is 149 Å². The number of benzene rings is 4. The third-order valence-corrected chi connectivity index (χ3v) is 8.80. The molecule has 0 aliphatic rings. The largest absolute Gasteiger partial charge is 0.378 e. The molecule has 0 heterocycles. The minimum atomic E-state index is -1.57. The molecule has 6 heteroatoms. The molecule has 2 unspecified atom stereocenters. The lowest BCUT2D eigenvalue weighted by Crippen LogP contribution is -2.61. The summed E-state index contributed by atoms with van der Waals surface area (Å²) in [5.74, 6) is -1.48. The van der Waals surface area contributed by atoms with Crippen LogP contribution in [0.3, 0.4) is 0 Å². The van der Waals surface area contributed by atoms with Gasteiger partial charge in [-0.25, -0.2) is 0 Å². The summed E-state index contributed by atoms with van der Waals surface area (Å²) in [6.07, 6.45) is 0. The average Bonchev–Trinajstić information content (AvgIpc) is 3.06. The van der Waals surface area contributed by atoms with Gasteiger partial charge in [-0.05, 0) is 47.9 Å². The molecule has 0 saturated carbocycles. The van der Waals surface area contributed by atoms with E-state index in [2.05, 4.69) is 10.6 Å². The van der Waals surface area contributed by atoms with E-state index >= 15 is 0 Å². The van der Waals surface area contributed by atoms with Gasteiger partial charge in [-0.15, -0.1) is 0 Å². The van der Waals surface area contributed by atoms with E-state index in [0.717, 1.165) is 0 Å². The first kappa shape index (κ1) is 33.6. The molecule has 0 radical (unpaired) electrons. The van der Waals surface area contributed by atoms with Crippen LogP contribution in [0.25, 0.3) is 0 Å². The molecular weight excluding hydrogens is 560 g/mol. The lowest BCUT2D eigenvalue weighted by molar-refractivity contribution is -0.145. The van der Waals surface area contributed by atoms with Crippen molar-refractivity contribution >= 4 is 11.8 Å². The van der Waals surface area contributed by atoms with Crippen LogP contribution in [0.4, 0.5) is 0 Å². The molecule has 6 nitrogen and oxygen atoms in total. The lowest BCUT2D eigenvalue weighted by atomic mass is 9.74. The number of hydrogen-bond acceptors (Lipinski definition) is 4. The average molecular weight is 607 g/mol. The molecule has 4 N–H and O–H groups in total. The number of nitrogens with one attached hydrogen (secondary N) is 2. The van der Waals surface area contributed by atoms with Crippen molar-refractivity contribution in [2.45, 2.75) is 64.8 Å². The van der Waals surface area contributed by atoms with Gasteiger partial charge in [0.15, 0.2) is 0 Å². The molecular formula is C39H46N2O4. The second kappa shape index (κ2) is 13.8. The van der Waals surface area contributed by atoms with Crippen molar-refractivity contribution in [3.63, 3.8) is 0 Å². The number of hydrogen-bond donors (Lipinski definition) is 4. The van der Waals surface area contributed by atoms with Crippen molar-refractivity contribution in [2.24, 2.45) is 17.3 Å². The Morgan fingerprint density at radius 3 is 0.911 bits per heavy atom. The zero-order valence-corrected chi connectivity index (χ0v) is 27.1. The molecule has 236 valence electrons. The van der Waals surface area contributed by atoms with E-state index < -0.39 is 40.5 Å². The predicted molar refractivity (Wildman–Crippen MR) is 179 cm³/mol. The third-order valence-electron chi connectivity index (χ3n) is 8.80. The van der Waals surface area contributed by atoms with Crippen LogP contribution in [0.1, 0.15) is 63.8 Å². The van der Waals surface area contributed by atoms with Crippen molar-refractivity contribution in [1.82, 2.24) is 10.6 Å². The summed E-state index contributed by atoms with van der Waals surface area (Å²) < 4.78 is 0. The number of rotatable bonds is 12. The predicted octanol–water partition coefficient (Wildman–Crippen LogP) is 6.17. The van der Waals surface area contributed by atoms with Crippen molar-refractivity contribution in [1.29, 1.82) is 0 Å². The molecule has 45 heavy (non-hydrogen) atoms. The van der Waals surface area contributed by atoms with Gasteiger partial charge in [0, 0.05) is 0 Å². The minimum Gasteiger partial charge on any atom is -0.378 e. The molecule has 0 saturated heterocycles. The Labute approximate surface area is 267 Å². The number of carbonyl (C=O) groups excluding carboxylic acids is 2. The first-order valence-electron chi connectivity index (χ1n) is 15.6. The van der Waals surface area contributed by atoms with Crippen molar-refractivity contribution < 1.29 is 19.8 Å². The third kappa shape index (κ3) is 6.73. The summed E-state index contributed by atoms with van der Waals surface area (Å²) in [5, 5.41) is 31.1. The Kier molecular flexibility index (Phi) is 10.3. The summed E-state index contributed by atoms with van der Waals surface area (Å²) in [6.45, 7) is 10.9. The quantitative estimate of drug-likeness (QED) is 0.145. The van der Waals surface area contributed by atoms with Crippen LogP contribution in [0.5, 0.6) is 0 Å². The van der Waals surface area contributed by atoms with E-state index in [1.165, 1.54) is 0 Å². The highest BCUT2D eigenvalue weighted by atomic mass is 16.3. The molecule has 0 fully saturated rings. The molecule has 4 rings (SSSR count). The number of carbonyl (C=O) groups is 2. The van der Waals surface area contributed by atoms with E-state index in [0.29, 0.717) is 22.3 Å². The molecule has 0 aliphatic carbocycles. The molecule has 2 amide bonds. The Hall–Kier alpha value is -4.26. The summed E-state index contributed by atoms with van der Waals surface area (Å²) in [5.41, 5.74) is -2.16. The van der Waals surface area contributed by atoms with E-state index in [1.54, 1.807) is 13.8 Å². The number of aliphatic hydroxyl groups is 2. The van der Waals surface area contributed by atoms with Gasteiger partial charge >= 0.3 is 0 Å². The lowest BCUT2D eigenvalue weighted by Gasteiger charge is -2.43. The van der Waals surface area contributed by atoms with Gasteiger partial charge in [-0.2, -0.15) is 0 Å². The standard InChI is InChI=1S/C39H46N2O4/c1-27(2)33(38(44,29-19-11-7-12-20-29)30-21-13-8-14-22-30)40-35(42)37(5,6)36(43)41-34(28(3)4)39(45,31-23-15-9-16-24-31)32-25-17-10-18-26-32/h7-28,33-34,44-45H,1-6H3,(H,40,42)(H,41,43). The second-order valence-electron chi connectivity index (χ2n) is 13.0. The van der Waals surface area contributed by atoms with Crippen molar-refractivity contribution in [3.05, 3.63) is 144 Å². The summed E-state index contributed by atoms with van der Waals surface area (Å²) in [6, 6.07) is 35.5. The zero-order chi connectivity index (χ0) is 32.8. The highest BCUT2D eigenvalue weighted by Crippen LogP contribution is 2.38. The Morgan fingerprint density at radius 2 is 0.711 bits per heavy atom. The van der Waals surface area contributed by atoms with Gasteiger partial charge in [-0.3, -0.25) is 9.59 Å². The van der Waals surface area contributed by atoms with Crippen LogP contribution in [0, 0.1) is 17.3 Å². The number of amides is 2. The van der Waals surface area contributed by atoms with Crippen LogP contribution in [-0.4, -0.2) is 34.1 Å². The normalized spacial score (nSPS) is 13.7. The molecule has 0 spiro atoms. The van der Waals surface area contributed by atoms with Crippen LogP contribution < -0.4 is 10.6 Å². The van der Waals surface area contributed by atoms with Gasteiger partial charge < -0.3 is 20.8 Å². The first-order valence-corrected chi connectivity index (χ1v) is 15.6. The van der Waals surface area contributed by atoms with Gasteiger partial charge in [-0.1, -0.05) is 149 Å². The van der Waals surface area contributed by atoms with E-state index in [-0.39, 0.29) is 11.8 Å². The molecule has 4 aromatic rings.